The summed E-state index contributed by atoms with van der Waals surface area (Å²) in [5.41, 5.74) is 6.36. The summed E-state index contributed by atoms with van der Waals surface area (Å²) in [5, 5.41) is 9.27. The number of aliphatic hydroxyl groups excluding tert-OH is 1. The number of hydrogen-bond donors (Lipinski definition) is 2. The van der Waals surface area contributed by atoms with Crippen LogP contribution in [0.3, 0.4) is 0 Å². The third-order valence-electron chi connectivity index (χ3n) is 2.94. The van der Waals surface area contributed by atoms with Crippen LogP contribution in [0.1, 0.15) is 12.8 Å². The lowest BCUT2D eigenvalue weighted by Crippen LogP contribution is -2.35. The first-order valence-corrected chi connectivity index (χ1v) is 5.72. The number of anilines is 2. The number of aromatic nitrogens is 2. The summed E-state index contributed by atoms with van der Waals surface area (Å²) in [7, 11) is 0. The predicted molar refractivity (Wildman–Crippen MR) is 63.5 cm³/mol. The van der Waals surface area contributed by atoms with Gasteiger partial charge in [0.25, 0.3) is 0 Å². The van der Waals surface area contributed by atoms with Gasteiger partial charge in [0.05, 0.1) is 11.9 Å². The number of aliphatic hydroxyl groups is 1. The molecule has 1 aliphatic rings. The molecule has 88 valence electrons. The molecule has 0 aliphatic carbocycles. The average molecular weight is 243 g/mol. The van der Waals surface area contributed by atoms with E-state index in [0.717, 1.165) is 25.9 Å². The van der Waals surface area contributed by atoms with E-state index in [1.54, 1.807) is 0 Å². The van der Waals surface area contributed by atoms with Gasteiger partial charge in [0, 0.05) is 19.7 Å². The molecule has 6 heteroatoms. The zero-order valence-corrected chi connectivity index (χ0v) is 9.69. The summed E-state index contributed by atoms with van der Waals surface area (Å²) < 4.78 is 0. The van der Waals surface area contributed by atoms with Gasteiger partial charge in [-0.1, -0.05) is 0 Å². The zero-order chi connectivity index (χ0) is 11.5. The lowest BCUT2D eigenvalue weighted by Gasteiger charge is -2.32. The topological polar surface area (TPSA) is 75.3 Å². The first-order valence-electron chi connectivity index (χ1n) is 5.34. The molecule has 2 rings (SSSR count). The van der Waals surface area contributed by atoms with Crippen LogP contribution in [0, 0.1) is 5.92 Å². The van der Waals surface area contributed by atoms with E-state index in [4.69, 9.17) is 22.4 Å². The number of rotatable bonds is 2. The quantitative estimate of drug-likeness (QED) is 0.755. The maximum Gasteiger partial charge on any atom is 0.224 e. The summed E-state index contributed by atoms with van der Waals surface area (Å²) in [4.78, 5) is 10.1. The number of nitrogens with zero attached hydrogens (tertiary/aromatic N) is 3. The van der Waals surface area contributed by atoms with E-state index in [9.17, 15) is 0 Å². The molecule has 1 saturated heterocycles. The summed E-state index contributed by atoms with van der Waals surface area (Å²) in [5.74, 6) is 1.10. The number of halogens is 1. The van der Waals surface area contributed by atoms with Gasteiger partial charge in [-0.05, 0) is 30.4 Å². The second-order valence-electron chi connectivity index (χ2n) is 4.03. The lowest BCUT2D eigenvalue weighted by molar-refractivity contribution is 0.203. The van der Waals surface area contributed by atoms with Crippen LogP contribution in [0.15, 0.2) is 6.20 Å². The smallest absolute Gasteiger partial charge is 0.224 e. The molecule has 1 aromatic rings. The SMILES string of the molecule is Nc1cnc(Cl)nc1N1CCC(CO)CC1. The van der Waals surface area contributed by atoms with E-state index in [2.05, 4.69) is 14.9 Å². The molecule has 1 fully saturated rings. The minimum Gasteiger partial charge on any atom is -0.396 e. The van der Waals surface area contributed by atoms with Crippen molar-refractivity contribution in [3.8, 4) is 0 Å². The van der Waals surface area contributed by atoms with E-state index >= 15 is 0 Å². The summed E-state index contributed by atoms with van der Waals surface area (Å²) in [6.45, 7) is 1.96. The molecule has 1 aliphatic heterocycles. The largest absolute Gasteiger partial charge is 0.396 e. The van der Waals surface area contributed by atoms with Gasteiger partial charge in [-0.25, -0.2) is 4.98 Å². The Balaban J connectivity index is 2.10. The molecule has 0 amide bonds. The highest BCUT2D eigenvalue weighted by atomic mass is 35.5. The van der Waals surface area contributed by atoms with Crippen molar-refractivity contribution < 1.29 is 5.11 Å². The van der Waals surface area contributed by atoms with E-state index < -0.39 is 0 Å². The Morgan fingerprint density at radius 1 is 1.50 bits per heavy atom. The molecule has 16 heavy (non-hydrogen) atoms. The van der Waals surface area contributed by atoms with Crippen molar-refractivity contribution in [1.82, 2.24) is 9.97 Å². The van der Waals surface area contributed by atoms with Gasteiger partial charge in [0.2, 0.25) is 5.28 Å². The van der Waals surface area contributed by atoms with Gasteiger partial charge in [-0.2, -0.15) is 4.98 Å². The molecule has 0 unspecified atom stereocenters. The first kappa shape index (κ1) is 11.4. The Bertz CT molecular complexity index is 366. The summed E-state index contributed by atoms with van der Waals surface area (Å²) in [6.07, 6.45) is 3.44. The fourth-order valence-electron chi connectivity index (χ4n) is 1.94. The molecule has 3 N–H and O–H groups in total. The van der Waals surface area contributed by atoms with E-state index in [-0.39, 0.29) is 11.9 Å². The van der Waals surface area contributed by atoms with E-state index in [1.165, 1.54) is 6.20 Å². The zero-order valence-electron chi connectivity index (χ0n) is 8.93. The van der Waals surface area contributed by atoms with Gasteiger partial charge >= 0.3 is 0 Å². The van der Waals surface area contributed by atoms with E-state index in [0.29, 0.717) is 17.4 Å². The lowest BCUT2D eigenvalue weighted by atomic mass is 9.98. The monoisotopic (exact) mass is 242 g/mol. The van der Waals surface area contributed by atoms with Crippen LogP contribution in [0.2, 0.25) is 5.28 Å². The van der Waals surface area contributed by atoms with Crippen molar-refractivity contribution in [2.75, 3.05) is 30.3 Å². The van der Waals surface area contributed by atoms with Gasteiger partial charge in [-0.3, -0.25) is 0 Å². The number of piperidine rings is 1. The van der Waals surface area contributed by atoms with Crippen molar-refractivity contribution in [1.29, 1.82) is 0 Å². The van der Waals surface area contributed by atoms with Crippen molar-refractivity contribution in [2.24, 2.45) is 5.92 Å². The van der Waals surface area contributed by atoms with Gasteiger partial charge in [0.1, 0.15) is 0 Å². The molecule has 0 saturated carbocycles. The standard InChI is InChI=1S/C10H15ClN4O/c11-10-13-5-8(12)9(14-10)15-3-1-7(6-16)2-4-15/h5,7,16H,1-4,6,12H2. The number of hydrogen-bond acceptors (Lipinski definition) is 5. The Kier molecular flexibility index (Phi) is 3.46. The molecule has 5 nitrogen and oxygen atoms in total. The van der Waals surface area contributed by atoms with Crippen LogP contribution in [-0.2, 0) is 0 Å². The fraction of sp³-hybridized carbons (Fsp3) is 0.600. The molecular formula is C10H15ClN4O. The Hall–Kier alpha value is -1.07. The minimum atomic E-state index is 0.216. The number of nitrogen functional groups attached to an aromatic ring is 1. The van der Waals surface area contributed by atoms with Gasteiger partial charge in [-0.15, -0.1) is 0 Å². The van der Waals surface area contributed by atoms with Crippen molar-refractivity contribution in [3.63, 3.8) is 0 Å². The normalized spacial score (nSPS) is 17.8. The molecule has 0 aromatic carbocycles. The average Bonchev–Trinajstić information content (AvgIpc) is 2.32. The second-order valence-corrected chi connectivity index (χ2v) is 4.37. The minimum absolute atomic E-state index is 0.216. The van der Waals surface area contributed by atoms with Gasteiger partial charge in [0.15, 0.2) is 5.82 Å². The molecule has 0 bridgehead atoms. The summed E-state index contributed by atoms with van der Waals surface area (Å²) >= 11 is 5.75. The maximum absolute atomic E-state index is 9.06. The molecular weight excluding hydrogens is 228 g/mol. The summed E-state index contributed by atoms with van der Waals surface area (Å²) in [6, 6.07) is 0. The molecule has 0 atom stereocenters. The molecule has 2 heterocycles. The maximum atomic E-state index is 9.06. The highest BCUT2D eigenvalue weighted by molar-refractivity contribution is 6.28. The molecule has 0 radical (unpaired) electrons. The fourth-order valence-corrected chi connectivity index (χ4v) is 2.07. The molecule has 1 aromatic heterocycles. The van der Waals surface area contributed by atoms with Crippen molar-refractivity contribution >= 4 is 23.1 Å². The van der Waals surface area contributed by atoms with Crippen LogP contribution >= 0.6 is 11.6 Å². The highest BCUT2D eigenvalue weighted by Crippen LogP contribution is 2.26. The Morgan fingerprint density at radius 3 is 2.81 bits per heavy atom. The highest BCUT2D eigenvalue weighted by Gasteiger charge is 2.21. The van der Waals surface area contributed by atoms with Crippen LogP contribution in [-0.4, -0.2) is 34.8 Å². The van der Waals surface area contributed by atoms with Crippen LogP contribution in [0.25, 0.3) is 0 Å². The third-order valence-corrected chi connectivity index (χ3v) is 3.12. The number of nitrogens with two attached hydrogens (primary N) is 1. The second kappa shape index (κ2) is 4.84. The van der Waals surface area contributed by atoms with Crippen molar-refractivity contribution in [2.45, 2.75) is 12.8 Å². The van der Waals surface area contributed by atoms with E-state index in [1.807, 2.05) is 0 Å². The van der Waals surface area contributed by atoms with Crippen LogP contribution in [0.4, 0.5) is 11.5 Å². The van der Waals surface area contributed by atoms with Crippen LogP contribution < -0.4 is 10.6 Å². The third kappa shape index (κ3) is 2.36. The van der Waals surface area contributed by atoms with Gasteiger partial charge < -0.3 is 15.7 Å². The first-order chi connectivity index (χ1) is 7.70. The Morgan fingerprint density at radius 2 is 2.19 bits per heavy atom. The Labute approximate surface area is 99.3 Å². The van der Waals surface area contributed by atoms with Crippen LogP contribution in [0.5, 0.6) is 0 Å². The van der Waals surface area contributed by atoms with Crippen molar-refractivity contribution in [3.05, 3.63) is 11.5 Å². The predicted octanol–water partition coefficient (Wildman–Crippen LogP) is 0.921. The molecule has 0 spiro atoms.